The Morgan fingerprint density at radius 3 is 2.68 bits per heavy atom. The maximum absolute atomic E-state index is 12.8. The molecule has 0 saturated heterocycles. The van der Waals surface area contributed by atoms with E-state index in [1.165, 1.54) is 32.1 Å². The van der Waals surface area contributed by atoms with Gasteiger partial charge >= 0.3 is 0 Å². The van der Waals surface area contributed by atoms with Gasteiger partial charge in [0, 0.05) is 19.6 Å². The van der Waals surface area contributed by atoms with E-state index in [2.05, 4.69) is 14.9 Å². The highest BCUT2D eigenvalue weighted by Gasteiger charge is 2.55. The number of carbonyl (C=O) groups is 1. The van der Waals surface area contributed by atoms with Gasteiger partial charge in [-0.25, -0.2) is 4.98 Å². The normalized spacial score (nSPS) is 24.4. The van der Waals surface area contributed by atoms with Crippen LogP contribution in [0.15, 0.2) is 6.20 Å². The molecule has 3 aliphatic rings. The number of amides is 1. The summed E-state index contributed by atoms with van der Waals surface area (Å²) < 4.78 is 0. The van der Waals surface area contributed by atoms with Crippen molar-refractivity contribution in [2.24, 2.45) is 5.41 Å². The summed E-state index contributed by atoms with van der Waals surface area (Å²) in [4.78, 5) is 25.5. The molecule has 1 aliphatic heterocycles. The molecule has 0 aromatic carbocycles. The zero-order valence-corrected chi connectivity index (χ0v) is 13.6. The number of aromatic nitrogens is 2. The van der Waals surface area contributed by atoms with Crippen molar-refractivity contribution in [2.75, 3.05) is 23.4 Å². The van der Waals surface area contributed by atoms with E-state index in [9.17, 15) is 4.79 Å². The molecule has 0 N–H and O–H groups in total. The number of hydrogen-bond acceptors (Lipinski definition) is 4. The predicted octanol–water partition coefficient (Wildman–Crippen LogP) is 3.03. The second kappa shape index (κ2) is 5.08. The van der Waals surface area contributed by atoms with Gasteiger partial charge in [-0.2, -0.15) is 4.98 Å². The van der Waals surface area contributed by atoms with E-state index >= 15 is 0 Å². The summed E-state index contributed by atoms with van der Waals surface area (Å²) in [6.45, 7) is 0.779. The van der Waals surface area contributed by atoms with Crippen LogP contribution < -0.4 is 9.80 Å². The summed E-state index contributed by atoms with van der Waals surface area (Å²) in [5.74, 6) is 1.05. The molecule has 1 aromatic rings. The Kier molecular flexibility index (Phi) is 3.29. The van der Waals surface area contributed by atoms with Gasteiger partial charge < -0.3 is 9.80 Å². The summed E-state index contributed by atoms with van der Waals surface area (Å²) in [6.07, 6.45) is 9.83. The first-order chi connectivity index (χ1) is 10.6. The molecule has 0 radical (unpaired) electrons. The first-order valence-electron chi connectivity index (χ1n) is 8.18. The van der Waals surface area contributed by atoms with Crippen molar-refractivity contribution in [3.8, 4) is 0 Å². The van der Waals surface area contributed by atoms with Crippen LogP contribution in [0.2, 0.25) is 5.28 Å². The third-order valence-electron chi connectivity index (χ3n) is 5.45. The Balaban J connectivity index is 1.80. The summed E-state index contributed by atoms with van der Waals surface area (Å²) in [7, 11) is 1.84. The highest BCUT2D eigenvalue weighted by Crippen LogP contribution is 2.52. The number of halogens is 1. The fraction of sp³-hybridized carbons (Fsp3) is 0.688. The molecular formula is C16H21ClN4O. The van der Waals surface area contributed by atoms with E-state index < -0.39 is 0 Å². The first-order valence-corrected chi connectivity index (χ1v) is 8.56. The summed E-state index contributed by atoms with van der Waals surface area (Å²) in [6, 6.07) is 0.468. The van der Waals surface area contributed by atoms with E-state index in [4.69, 9.17) is 11.6 Å². The minimum atomic E-state index is -0.209. The predicted molar refractivity (Wildman–Crippen MR) is 86.3 cm³/mol. The van der Waals surface area contributed by atoms with Gasteiger partial charge in [-0.3, -0.25) is 4.79 Å². The maximum Gasteiger partial charge on any atom is 0.234 e. The quantitative estimate of drug-likeness (QED) is 0.746. The summed E-state index contributed by atoms with van der Waals surface area (Å²) in [5.41, 5.74) is 0.586. The number of hydrogen-bond donors (Lipinski definition) is 0. The largest absolute Gasteiger partial charge is 0.351 e. The SMILES string of the molecule is CN1C(=O)C2(CC2)CN(C2CCCCC2)c2nc(Cl)ncc21. The molecule has 0 atom stereocenters. The molecule has 2 heterocycles. The second-order valence-corrected chi connectivity index (χ2v) is 7.25. The molecule has 5 nitrogen and oxygen atoms in total. The smallest absolute Gasteiger partial charge is 0.234 e. The Labute approximate surface area is 135 Å². The molecule has 1 aromatic heterocycles. The monoisotopic (exact) mass is 320 g/mol. The fourth-order valence-corrected chi connectivity index (χ4v) is 4.07. The van der Waals surface area contributed by atoms with Gasteiger partial charge in [0.2, 0.25) is 11.2 Å². The number of rotatable bonds is 1. The van der Waals surface area contributed by atoms with Crippen LogP contribution in [0.3, 0.4) is 0 Å². The lowest BCUT2D eigenvalue weighted by molar-refractivity contribution is -0.122. The van der Waals surface area contributed by atoms with Crippen molar-refractivity contribution in [1.29, 1.82) is 0 Å². The van der Waals surface area contributed by atoms with Crippen molar-refractivity contribution in [3.63, 3.8) is 0 Å². The van der Waals surface area contributed by atoms with Crippen molar-refractivity contribution >= 4 is 29.0 Å². The molecule has 1 spiro atoms. The Bertz CT molecular complexity index is 610. The Hall–Kier alpha value is -1.36. The average molecular weight is 321 g/mol. The number of nitrogens with zero attached hydrogens (tertiary/aromatic N) is 4. The Morgan fingerprint density at radius 2 is 2.00 bits per heavy atom. The van der Waals surface area contributed by atoms with Crippen molar-refractivity contribution in [2.45, 2.75) is 51.0 Å². The van der Waals surface area contributed by atoms with E-state index in [0.29, 0.717) is 6.04 Å². The number of fused-ring (bicyclic) bond motifs is 1. The lowest BCUT2D eigenvalue weighted by Gasteiger charge is -2.36. The minimum Gasteiger partial charge on any atom is -0.351 e. The van der Waals surface area contributed by atoms with Crippen LogP contribution >= 0.6 is 11.6 Å². The highest BCUT2D eigenvalue weighted by molar-refractivity contribution is 6.28. The maximum atomic E-state index is 12.8. The van der Waals surface area contributed by atoms with Crippen LogP contribution in [-0.4, -0.2) is 35.5 Å². The third-order valence-corrected chi connectivity index (χ3v) is 5.64. The van der Waals surface area contributed by atoms with E-state index in [1.54, 1.807) is 11.1 Å². The molecule has 2 aliphatic carbocycles. The van der Waals surface area contributed by atoms with Gasteiger partial charge in [-0.1, -0.05) is 19.3 Å². The van der Waals surface area contributed by atoms with Gasteiger partial charge in [-0.15, -0.1) is 0 Å². The molecule has 6 heteroatoms. The number of anilines is 2. The van der Waals surface area contributed by atoms with Gasteiger partial charge in [0.15, 0.2) is 5.82 Å². The van der Waals surface area contributed by atoms with Crippen molar-refractivity contribution in [3.05, 3.63) is 11.5 Å². The molecule has 1 amide bonds. The van der Waals surface area contributed by atoms with Gasteiger partial charge in [-0.05, 0) is 37.3 Å². The van der Waals surface area contributed by atoms with Crippen LogP contribution in [0.5, 0.6) is 0 Å². The molecule has 0 unspecified atom stereocenters. The van der Waals surface area contributed by atoms with Gasteiger partial charge in [0.1, 0.15) is 5.69 Å². The van der Waals surface area contributed by atoms with E-state index in [-0.39, 0.29) is 16.6 Å². The third kappa shape index (κ3) is 2.18. The average Bonchev–Trinajstić information content (AvgIpc) is 3.33. The lowest BCUT2D eigenvalue weighted by atomic mass is 9.93. The van der Waals surface area contributed by atoms with Crippen LogP contribution in [0.1, 0.15) is 44.9 Å². The van der Waals surface area contributed by atoms with E-state index in [0.717, 1.165) is 30.9 Å². The lowest BCUT2D eigenvalue weighted by Crippen LogP contribution is -2.43. The molecular weight excluding hydrogens is 300 g/mol. The zero-order valence-electron chi connectivity index (χ0n) is 12.9. The molecule has 0 bridgehead atoms. The first kappa shape index (κ1) is 14.2. The van der Waals surface area contributed by atoms with Crippen LogP contribution in [0, 0.1) is 5.41 Å². The van der Waals surface area contributed by atoms with Crippen LogP contribution in [0.25, 0.3) is 0 Å². The Morgan fingerprint density at radius 1 is 1.27 bits per heavy atom. The summed E-state index contributed by atoms with van der Waals surface area (Å²) >= 11 is 6.05. The molecule has 4 rings (SSSR count). The second-order valence-electron chi connectivity index (χ2n) is 6.91. The van der Waals surface area contributed by atoms with Crippen LogP contribution in [0.4, 0.5) is 11.5 Å². The fourth-order valence-electron chi connectivity index (χ4n) is 3.94. The molecule has 2 fully saturated rings. The zero-order chi connectivity index (χ0) is 15.3. The molecule has 118 valence electrons. The molecule has 2 saturated carbocycles. The topological polar surface area (TPSA) is 49.3 Å². The van der Waals surface area contributed by atoms with Crippen molar-refractivity contribution < 1.29 is 4.79 Å². The number of carbonyl (C=O) groups excluding carboxylic acids is 1. The van der Waals surface area contributed by atoms with E-state index in [1.807, 2.05) is 7.05 Å². The summed E-state index contributed by atoms with van der Waals surface area (Å²) in [5, 5.41) is 0.257. The van der Waals surface area contributed by atoms with Gasteiger partial charge in [0.05, 0.1) is 11.6 Å². The highest BCUT2D eigenvalue weighted by atomic mass is 35.5. The molecule has 22 heavy (non-hydrogen) atoms. The standard InChI is InChI=1S/C16H21ClN4O/c1-20-12-9-18-15(17)19-13(12)21(11-5-3-2-4-6-11)10-16(7-8-16)14(20)22/h9,11H,2-8,10H2,1H3. The van der Waals surface area contributed by atoms with Crippen LogP contribution in [-0.2, 0) is 4.79 Å². The minimum absolute atomic E-state index is 0.206. The van der Waals surface area contributed by atoms with Gasteiger partial charge in [0.25, 0.3) is 0 Å². The van der Waals surface area contributed by atoms with Crippen molar-refractivity contribution in [1.82, 2.24) is 9.97 Å².